The zero-order valence-electron chi connectivity index (χ0n) is 9.95. The van der Waals surface area contributed by atoms with Crippen LogP contribution in [0.2, 0.25) is 0 Å². The Morgan fingerprint density at radius 1 is 1.61 bits per heavy atom. The van der Waals surface area contributed by atoms with Crippen LogP contribution in [0.3, 0.4) is 0 Å². The fourth-order valence-corrected chi connectivity index (χ4v) is 2.16. The van der Waals surface area contributed by atoms with Gasteiger partial charge in [0.15, 0.2) is 0 Å². The number of carbonyl (C=O) groups is 1. The Bertz CT molecular complexity index is 463. The van der Waals surface area contributed by atoms with Crippen LogP contribution >= 0.6 is 11.8 Å². The van der Waals surface area contributed by atoms with E-state index in [2.05, 4.69) is 4.74 Å². The third-order valence-corrected chi connectivity index (χ3v) is 3.24. The molecular formula is C11H13NO5S. The number of esters is 1. The molecule has 18 heavy (non-hydrogen) atoms. The van der Waals surface area contributed by atoms with Gasteiger partial charge in [-0.2, -0.15) is 0 Å². The molecule has 0 radical (unpaired) electrons. The number of hydrogen-bond donors (Lipinski definition) is 1. The number of aliphatic hydroxyl groups is 1. The van der Waals surface area contributed by atoms with E-state index >= 15 is 0 Å². The molecule has 1 aromatic carbocycles. The van der Waals surface area contributed by atoms with Gasteiger partial charge in [0.25, 0.3) is 5.69 Å². The van der Waals surface area contributed by atoms with Crippen LogP contribution in [0.15, 0.2) is 23.1 Å². The minimum absolute atomic E-state index is 0.0186. The van der Waals surface area contributed by atoms with Crippen LogP contribution in [0.1, 0.15) is 17.3 Å². The fourth-order valence-electron chi connectivity index (χ4n) is 1.29. The van der Waals surface area contributed by atoms with E-state index in [9.17, 15) is 14.9 Å². The normalized spacial score (nSPS) is 11.9. The summed E-state index contributed by atoms with van der Waals surface area (Å²) in [6.45, 7) is 1.79. The molecule has 7 heteroatoms. The zero-order valence-corrected chi connectivity index (χ0v) is 10.8. The topological polar surface area (TPSA) is 89.7 Å². The standard InChI is InChI=1S/C11H13NO5S/c1-7(6-13)18-8-3-4-10(12(15)16)9(5-8)11(14)17-2/h3-5,7,13H,6H2,1-2H3. The minimum atomic E-state index is -0.749. The Kier molecular flexibility index (Phi) is 5.11. The average molecular weight is 271 g/mol. The molecule has 0 aliphatic rings. The van der Waals surface area contributed by atoms with Crippen molar-refractivity contribution in [2.24, 2.45) is 0 Å². The van der Waals surface area contributed by atoms with Gasteiger partial charge in [0.1, 0.15) is 5.56 Å². The van der Waals surface area contributed by atoms with Gasteiger partial charge in [-0.25, -0.2) is 4.79 Å². The number of rotatable bonds is 5. The molecule has 1 unspecified atom stereocenters. The van der Waals surface area contributed by atoms with Crippen molar-refractivity contribution < 1.29 is 19.6 Å². The summed E-state index contributed by atoms with van der Waals surface area (Å²) in [7, 11) is 1.17. The highest BCUT2D eigenvalue weighted by Crippen LogP contribution is 2.28. The van der Waals surface area contributed by atoms with Gasteiger partial charge in [-0.1, -0.05) is 6.92 Å². The molecule has 0 saturated carbocycles. The maximum Gasteiger partial charge on any atom is 0.344 e. The van der Waals surface area contributed by atoms with Gasteiger partial charge in [0, 0.05) is 16.2 Å². The molecule has 98 valence electrons. The Hall–Kier alpha value is -1.60. The molecule has 1 atom stereocenters. The van der Waals surface area contributed by atoms with Gasteiger partial charge in [-0.05, 0) is 12.1 Å². The average Bonchev–Trinajstić information content (AvgIpc) is 2.37. The Balaban J connectivity index is 3.13. The van der Waals surface area contributed by atoms with Crippen molar-refractivity contribution >= 4 is 23.4 Å². The van der Waals surface area contributed by atoms with Crippen molar-refractivity contribution in [3.8, 4) is 0 Å². The molecule has 1 N–H and O–H groups in total. The number of thioether (sulfide) groups is 1. The van der Waals surface area contributed by atoms with Gasteiger partial charge in [0.05, 0.1) is 18.6 Å². The number of benzene rings is 1. The fraction of sp³-hybridized carbons (Fsp3) is 0.364. The molecule has 0 aliphatic carbocycles. The lowest BCUT2D eigenvalue weighted by molar-refractivity contribution is -0.385. The summed E-state index contributed by atoms with van der Waals surface area (Å²) in [4.78, 5) is 22.3. The van der Waals surface area contributed by atoms with Gasteiger partial charge in [-0.3, -0.25) is 10.1 Å². The lowest BCUT2D eigenvalue weighted by Gasteiger charge is -2.08. The van der Waals surface area contributed by atoms with E-state index < -0.39 is 10.9 Å². The Morgan fingerprint density at radius 3 is 2.78 bits per heavy atom. The second-order valence-electron chi connectivity index (χ2n) is 3.54. The molecule has 0 spiro atoms. The van der Waals surface area contributed by atoms with Crippen molar-refractivity contribution in [3.63, 3.8) is 0 Å². The summed E-state index contributed by atoms with van der Waals surface area (Å²) in [6, 6.07) is 4.21. The van der Waals surface area contributed by atoms with Crippen molar-refractivity contribution in [2.45, 2.75) is 17.1 Å². The Labute approximate surface area is 108 Å². The van der Waals surface area contributed by atoms with Crippen LogP contribution in [-0.2, 0) is 4.74 Å². The van der Waals surface area contributed by atoms with Crippen LogP contribution in [0.4, 0.5) is 5.69 Å². The van der Waals surface area contributed by atoms with Crippen LogP contribution < -0.4 is 0 Å². The molecule has 0 saturated heterocycles. The van der Waals surface area contributed by atoms with Gasteiger partial charge < -0.3 is 9.84 Å². The third kappa shape index (κ3) is 3.44. The number of ether oxygens (including phenoxy) is 1. The van der Waals surface area contributed by atoms with Crippen LogP contribution in [0.25, 0.3) is 0 Å². The second-order valence-corrected chi connectivity index (χ2v) is 5.05. The predicted molar refractivity (Wildman–Crippen MR) is 66.8 cm³/mol. The third-order valence-electron chi connectivity index (χ3n) is 2.16. The SMILES string of the molecule is COC(=O)c1cc(SC(C)CO)ccc1[N+](=O)[O-]. The summed E-state index contributed by atoms with van der Waals surface area (Å²) < 4.78 is 4.51. The Morgan fingerprint density at radius 2 is 2.28 bits per heavy atom. The molecule has 6 nitrogen and oxygen atoms in total. The quantitative estimate of drug-likeness (QED) is 0.380. The van der Waals surface area contributed by atoms with Crippen molar-refractivity contribution in [1.82, 2.24) is 0 Å². The number of nitrogens with zero attached hydrogens (tertiary/aromatic N) is 1. The van der Waals surface area contributed by atoms with Crippen molar-refractivity contribution in [3.05, 3.63) is 33.9 Å². The number of nitro benzene ring substituents is 1. The van der Waals surface area contributed by atoms with E-state index in [0.29, 0.717) is 4.90 Å². The molecule has 0 amide bonds. The molecule has 0 bridgehead atoms. The predicted octanol–water partition coefficient (Wildman–Crippen LogP) is 1.85. The van der Waals surface area contributed by atoms with Gasteiger partial charge >= 0.3 is 5.97 Å². The number of aliphatic hydroxyl groups excluding tert-OH is 1. The molecular weight excluding hydrogens is 258 g/mol. The molecule has 1 rings (SSSR count). The van der Waals surface area contributed by atoms with Crippen molar-refractivity contribution in [1.29, 1.82) is 0 Å². The first-order chi connectivity index (χ1) is 8.49. The maximum absolute atomic E-state index is 11.5. The van der Waals surface area contributed by atoms with Crippen LogP contribution in [0.5, 0.6) is 0 Å². The first-order valence-electron chi connectivity index (χ1n) is 5.13. The van der Waals surface area contributed by atoms with E-state index in [-0.39, 0.29) is 23.1 Å². The summed E-state index contributed by atoms with van der Waals surface area (Å²) in [5.41, 5.74) is -0.375. The maximum atomic E-state index is 11.5. The molecule has 0 aromatic heterocycles. The van der Waals surface area contributed by atoms with E-state index in [0.717, 1.165) is 0 Å². The number of nitro groups is 1. The van der Waals surface area contributed by atoms with Crippen molar-refractivity contribution in [2.75, 3.05) is 13.7 Å². The minimum Gasteiger partial charge on any atom is -0.465 e. The lowest BCUT2D eigenvalue weighted by atomic mass is 10.2. The monoisotopic (exact) mass is 271 g/mol. The van der Waals surface area contributed by atoms with Gasteiger partial charge in [-0.15, -0.1) is 11.8 Å². The van der Waals surface area contributed by atoms with E-state index in [4.69, 9.17) is 5.11 Å². The number of methoxy groups -OCH3 is 1. The molecule has 1 aromatic rings. The summed E-state index contributed by atoms with van der Waals surface area (Å²) >= 11 is 1.33. The summed E-state index contributed by atoms with van der Waals surface area (Å²) in [6.07, 6.45) is 0. The van der Waals surface area contributed by atoms with Crippen LogP contribution in [0, 0.1) is 10.1 Å². The summed E-state index contributed by atoms with van der Waals surface area (Å²) in [5.74, 6) is -0.749. The first kappa shape index (κ1) is 14.5. The van der Waals surface area contributed by atoms with E-state index in [1.165, 1.54) is 31.0 Å². The highest BCUT2D eigenvalue weighted by atomic mass is 32.2. The van der Waals surface area contributed by atoms with Gasteiger partial charge in [0.2, 0.25) is 0 Å². The zero-order chi connectivity index (χ0) is 13.7. The lowest BCUT2D eigenvalue weighted by Crippen LogP contribution is -2.07. The summed E-state index contributed by atoms with van der Waals surface area (Å²) in [5, 5.41) is 19.7. The number of carbonyl (C=O) groups excluding carboxylic acids is 1. The molecule has 0 heterocycles. The second kappa shape index (κ2) is 6.36. The highest BCUT2D eigenvalue weighted by Gasteiger charge is 2.21. The largest absolute Gasteiger partial charge is 0.465 e. The number of hydrogen-bond acceptors (Lipinski definition) is 6. The van der Waals surface area contributed by atoms with E-state index in [1.54, 1.807) is 6.07 Å². The smallest absolute Gasteiger partial charge is 0.344 e. The first-order valence-corrected chi connectivity index (χ1v) is 6.01. The molecule has 0 aliphatic heterocycles. The van der Waals surface area contributed by atoms with Crippen LogP contribution in [-0.4, -0.2) is 35.0 Å². The van der Waals surface area contributed by atoms with E-state index in [1.807, 2.05) is 6.92 Å². The highest BCUT2D eigenvalue weighted by molar-refractivity contribution is 8.00. The molecule has 0 fully saturated rings.